The van der Waals surface area contributed by atoms with Crippen LogP contribution in [0.15, 0.2) is 6.20 Å². The lowest BCUT2D eigenvalue weighted by atomic mass is 10.1. The van der Waals surface area contributed by atoms with Gasteiger partial charge in [0.25, 0.3) is 5.24 Å². The van der Waals surface area contributed by atoms with E-state index in [1.807, 2.05) is 0 Å². The standard InChI is InChI=1S/C9H3BrClF6NO2/c10-1-3-5(6(11)19)4(8(12,13)14)2-18-7(3)20-9(15,16)17/h2H,1H2. The molecule has 0 amide bonds. The van der Waals surface area contributed by atoms with Crippen LogP contribution in [0.3, 0.4) is 0 Å². The molecule has 0 unspecified atom stereocenters. The van der Waals surface area contributed by atoms with Crippen molar-refractivity contribution < 1.29 is 35.9 Å². The molecule has 0 saturated carbocycles. The zero-order valence-corrected chi connectivity index (χ0v) is 11.4. The lowest BCUT2D eigenvalue weighted by Crippen LogP contribution is -2.21. The van der Waals surface area contributed by atoms with Gasteiger partial charge in [0.1, 0.15) is 0 Å². The smallest absolute Gasteiger partial charge is 0.388 e. The summed E-state index contributed by atoms with van der Waals surface area (Å²) in [4.78, 5) is 14.0. The van der Waals surface area contributed by atoms with Crippen LogP contribution in [0.2, 0.25) is 0 Å². The number of alkyl halides is 7. The SMILES string of the molecule is O=C(Cl)c1c(C(F)(F)F)cnc(OC(F)(F)F)c1CBr. The molecule has 0 bridgehead atoms. The van der Waals surface area contributed by atoms with Crippen LogP contribution in [0.4, 0.5) is 26.3 Å². The normalized spacial score (nSPS) is 12.4. The first-order valence-corrected chi connectivity index (χ1v) is 6.08. The van der Waals surface area contributed by atoms with E-state index in [1.165, 1.54) is 0 Å². The molecule has 1 heterocycles. The molecule has 1 aromatic rings. The van der Waals surface area contributed by atoms with Gasteiger partial charge in [0.05, 0.1) is 11.1 Å². The molecular weight excluding hydrogens is 383 g/mol. The molecule has 1 rings (SSSR count). The highest BCUT2D eigenvalue weighted by Crippen LogP contribution is 2.38. The van der Waals surface area contributed by atoms with Crippen molar-refractivity contribution in [2.75, 3.05) is 0 Å². The highest BCUT2D eigenvalue weighted by Gasteiger charge is 2.40. The number of nitrogens with zero attached hydrogens (tertiary/aromatic N) is 1. The molecule has 3 nitrogen and oxygen atoms in total. The summed E-state index contributed by atoms with van der Waals surface area (Å²) in [6, 6.07) is 0. The summed E-state index contributed by atoms with van der Waals surface area (Å²) in [5.41, 5.74) is -3.41. The minimum Gasteiger partial charge on any atom is -0.388 e. The summed E-state index contributed by atoms with van der Waals surface area (Å²) in [7, 11) is 0. The Labute approximate surface area is 121 Å². The van der Waals surface area contributed by atoms with Gasteiger partial charge in [-0.1, -0.05) is 15.9 Å². The quantitative estimate of drug-likeness (QED) is 0.442. The maximum atomic E-state index is 12.7. The van der Waals surface area contributed by atoms with Gasteiger partial charge in [0.15, 0.2) is 0 Å². The molecule has 0 radical (unpaired) electrons. The predicted octanol–water partition coefficient (Wildman–Crippen LogP) is 4.27. The van der Waals surface area contributed by atoms with E-state index in [0.717, 1.165) is 0 Å². The molecule has 0 atom stereocenters. The van der Waals surface area contributed by atoms with Gasteiger partial charge in [-0.3, -0.25) is 4.79 Å². The van der Waals surface area contributed by atoms with E-state index in [4.69, 9.17) is 11.6 Å². The fourth-order valence-electron chi connectivity index (χ4n) is 1.30. The largest absolute Gasteiger partial charge is 0.574 e. The van der Waals surface area contributed by atoms with Crippen LogP contribution in [0, 0.1) is 0 Å². The predicted molar refractivity (Wildman–Crippen MR) is 58.7 cm³/mol. The fraction of sp³-hybridized carbons (Fsp3) is 0.333. The second kappa shape index (κ2) is 5.76. The average molecular weight is 386 g/mol. The molecule has 0 aliphatic rings. The zero-order chi connectivity index (χ0) is 15.7. The molecule has 112 valence electrons. The van der Waals surface area contributed by atoms with Gasteiger partial charge in [-0.05, 0) is 11.6 Å². The van der Waals surface area contributed by atoms with Crippen molar-refractivity contribution in [3.63, 3.8) is 0 Å². The average Bonchev–Trinajstić information content (AvgIpc) is 2.24. The Bertz CT molecular complexity index is 530. The first-order valence-electron chi connectivity index (χ1n) is 4.58. The van der Waals surface area contributed by atoms with E-state index in [-0.39, 0.29) is 6.20 Å². The van der Waals surface area contributed by atoms with Gasteiger partial charge < -0.3 is 4.74 Å². The molecule has 1 aromatic heterocycles. The van der Waals surface area contributed by atoms with Gasteiger partial charge in [-0.15, -0.1) is 13.2 Å². The van der Waals surface area contributed by atoms with Gasteiger partial charge in [-0.2, -0.15) is 13.2 Å². The minimum atomic E-state index is -5.17. The van der Waals surface area contributed by atoms with E-state index in [9.17, 15) is 31.1 Å². The molecule has 20 heavy (non-hydrogen) atoms. The van der Waals surface area contributed by atoms with Gasteiger partial charge in [0, 0.05) is 17.1 Å². The molecule has 0 spiro atoms. The number of carbonyl (C=O) groups is 1. The Morgan fingerprint density at radius 1 is 1.30 bits per heavy atom. The van der Waals surface area contributed by atoms with Crippen LogP contribution < -0.4 is 4.74 Å². The zero-order valence-electron chi connectivity index (χ0n) is 9.07. The van der Waals surface area contributed by atoms with Crippen molar-refractivity contribution in [1.29, 1.82) is 0 Å². The number of halogens is 8. The van der Waals surface area contributed by atoms with Crippen LogP contribution in [0.5, 0.6) is 5.88 Å². The van der Waals surface area contributed by atoms with Crippen molar-refractivity contribution in [2.45, 2.75) is 17.9 Å². The summed E-state index contributed by atoms with van der Waals surface area (Å²) in [6.45, 7) is 0. The Balaban J connectivity index is 3.54. The van der Waals surface area contributed by atoms with E-state index >= 15 is 0 Å². The second-order valence-corrected chi connectivity index (χ2v) is 4.19. The van der Waals surface area contributed by atoms with Crippen LogP contribution in [0.25, 0.3) is 0 Å². The summed E-state index contributed by atoms with van der Waals surface area (Å²) >= 11 is 7.69. The van der Waals surface area contributed by atoms with Crippen molar-refractivity contribution in [2.24, 2.45) is 0 Å². The third-order valence-corrected chi connectivity index (χ3v) is 2.74. The third kappa shape index (κ3) is 3.98. The summed E-state index contributed by atoms with van der Waals surface area (Å²) in [5, 5.41) is -2.11. The number of ether oxygens (including phenoxy) is 1. The lowest BCUT2D eigenvalue weighted by Gasteiger charge is -2.16. The molecule has 0 aromatic carbocycles. The number of carbonyl (C=O) groups excluding carboxylic acids is 1. The molecule has 0 aliphatic carbocycles. The number of rotatable bonds is 3. The van der Waals surface area contributed by atoms with Crippen LogP contribution in [0.1, 0.15) is 21.5 Å². The van der Waals surface area contributed by atoms with Gasteiger partial charge in [0.2, 0.25) is 5.88 Å². The third-order valence-electron chi connectivity index (χ3n) is 1.99. The Hall–Kier alpha value is -1.03. The Kier molecular flexibility index (Phi) is 4.90. The minimum absolute atomic E-state index is 0.0584. The lowest BCUT2D eigenvalue weighted by molar-refractivity contribution is -0.276. The number of aromatic nitrogens is 1. The number of pyridine rings is 1. The number of hydrogen-bond acceptors (Lipinski definition) is 3. The topological polar surface area (TPSA) is 39.2 Å². The van der Waals surface area contributed by atoms with E-state index in [1.54, 1.807) is 0 Å². The maximum Gasteiger partial charge on any atom is 0.574 e. The summed E-state index contributed by atoms with van der Waals surface area (Å²) in [6.07, 6.45) is -10.1. The summed E-state index contributed by atoms with van der Waals surface area (Å²) < 4.78 is 77.8. The van der Waals surface area contributed by atoms with E-state index in [2.05, 4.69) is 25.7 Å². The van der Waals surface area contributed by atoms with Crippen molar-refractivity contribution in [3.05, 3.63) is 22.9 Å². The van der Waals surface area contributed by atoms with E-state index < -0.39 is 45.7 Å². The first kappa shape index (κ1) is 17.0. The molecule has 0 saturated heterocycles. The molecule has 0 aliphatic heterocycles. The highest BCUT2D eigenvalue weighted by molar-refractivity contribution is 9.08. The van der Waals surface area contributed by atoms with Crippen molar-refractivity contribution in [1.82, 2.24) is 4.98 Å². The Morgan fingerprint density at radius 3 is 2.20 bits per heavy atom. The highest BCUT2D eigenvalue weighted by atomic mass is 79.9. The first-order chi connectivity index (χ1) is 8.97. The maximum absolute atomic E-state index is 12.7. The molecular formula is C9H3BrClF6NO2. The fourth-order valence-corrected chi connectivity index (χ4v) is 2.03. The van der Waals surface area contributed by atoms with Crippen LogP contribution in [-0.4, -0.2) is 16.6 Å². The number of hydrogen-bond donors (Lipinski definition) is 0. The van der Waals surface area contributed by atoms with Crippen molar-refractivity contribution in [3.8, 4) is 5.88 Å². The summed E-state index contributed by atoms with van der Waals surface area (Å²) in [5.74, 6) is -1.17. The molecule has 11 heteroatoms. The molecule has 0 N–H and O–H groups in total. The van der Waals surface area contributed by atoms with Crippen LogP contribution >= 0.6 is 27.5 Å². The monoisotopic (exact) mass is 385 g/mol. The van der Waals surface area contributed by atoms with E-state index in [0.29, 0.717) is 0 Å². The van der Waals surface area contributed by atoms with Gasteiger partial charge >= 0.3 is 12.5 Å². The van der Waals surface area contributed by atoms with Crippen LogP contribution in [-0.2, 0) is 11.5 Å². The van der Waals surface area contributed by atoms with Gasteiger partial charge in [-0.25, -0.2) is 4.98 Å². The Morgan fingerprint density at radius 2 is 1.85 bits per heavy atom. The molecule has 0 fully saturated rings. The second-order valence-electron chi connectivity index (χ2n) is 3.28. The van der Waals surface area contributed by atoms with Crippen molar-refractivity contribution >= 4 is 32.8 Å².